The number of rotatable bonds is 3. The number of hydrogen-bond donors (Lipinski definition) is 2. The highest BCUT2D eigenvalue weighted by atomic mass is 79.9. The van der Waals surface area contributed by atoms with Crippen LogP contribution in [0.3, 0.4) is 0 Å². The standard InChI is InChI=1S/C10H11BrN4/c11-8-3-7(5-13-6-8)9(12)4-10-14-1-2-15-10/h1-3,5-6,9H,4,12H2,(H,14,15). The van der Waals surface area contributed by atoms with E-state index in [1.54, 1.807) is 24.8 Å². The highest BCUT2D eigenvalue weighted by Crippen LogP contribution is 2.17. The first-order valence-electron chi connectivity index (χ1n) is 4.60. The van der Waals surface area contributed by atoms with Gasteiger partial charge in [-0.25, -0.2) is 4.98 Å². The molecule has 0 aliphatic heterocycles. The molecular formula is C10H11BrN4. The van der Waals surface area contributed by atoms with Crippen LogP contribution in [0.25, 0.3) is 0 Å². The third kappa shape index (κ3) is 2.64. The van der Waals surface area contributed by atoms with Gasteiger partial charge in [0.05, 0.1) is 0 Å². The van der Waals surface area contributed by atoms with Gasteiger partial charge in [-0.3, -0.25) is 4.98 Å². The summed E-state index contributed by atoms with van der Waals surface area (Å²) in [5.74, 6) is 0.891. The molecule has 2 heterocycles. The second-order valence-corrected chi connectivity index (χ2v) is 4.20. The van der Waals surface area contributed by atoms with Crippen molar-refractivity contribution in [3.63, 3.8) is 0 Å². The van der Waals surface area contributed by atoms with Crippen LogP contribution in [0.2, 0.25) is 0 Å². The first kappa shape index (κ1) is 10.3. The van der Waals surface area contributed by atoms with Crippen LogP contribution >= 0.6 is 15.9 Å². The lowest BCUT2D eigenvalue weighted by Gasteiger charge is -2.09. The summed E-state index contributed by atoms with van der Waals surface area (Å²) in [5.41, 5.74) is 7.03. The number of imidazole rings is 1. The van der Waals surface area contributed by atoms with E-state index in [0.29, 0.717) is 6.42 Å². The minimum atomic E-state index is -0.0823. The summed E-state index contributed by atoms with van der Waals surface area (Å²) in [6.45, 7) is 0. The van der Waals surface area contributed by atoms with E-state index in [1.165, 1.54) is 0 Å². The lowest BCUT2D eigenvalue weighted by atomic mass is 10.1. The first-order valence-corrected chi connectivity index (χ1v) is 5.39. The van der Waals surface area contributed by atoms with E-state index in [4.69, 9.17) is 5.73 Å². The van der Waals surface area contributed by atoms with Crippen LogP contribution in [-0.2, 0) is 6.42 Å². The average molecular weight is 267 g/mol. The largest absolute Gasteiger partial charge is 0.349 e. The van der Waals surface area contributed by atoms with E-state index in [-0.39, 0.29) is 6.04 Å². The highest BCUT2D eigenvalue weighted by molar-refractivity contribution is 9.10. The summed E-state index contributed by atoms with van der Waals surface area (Å²) < 4.78 is 0.940. The average Bonchev–Trinajstić information content (AvgIpc) is 2.70. The van der Waals surface area contributed by atoms with Crippen LogP contribution in [0.1, 0.15) is 17.4 Å². The summed E-state index contributed by atoms with van der Waals surface area (Å²) in [6.07, 6.45) is 7.72. The fourth-order valence-corrected chi connectivity index (χ4v) is 1.75. The van der Waals surface area contributed by atoms with Gasteiger partial charge in [0.2, 0.25) is 0 Å². The Balaban J connectivity index is 2.11. The number of nitrogens with zero attached hydrogens (tertiary/aromatic N) is 2. The summed E-state index contributed by atoms with van der Waals surface area (Å²) in [5, 5.41) is 0. The Morgan fingerprint density at radius 1 is 1.47 bits per heavy atom. The Hall–Kier alpha value is -1.20. The predicted octanol–water partition coefficient (Wildman–Crippen LogP) is 1.81. The van der Waals surface area contributed by atoms with E-state index in [1.807, 2.05) is 6.07 Å². The zero-order valence-electron chi connectivity index (χ0n) is 8.02. The number of nitrogens with one attached hydrogen (secondary N) is 1. The van der Waals surface area contributed by atoms with Gasteiger partial charge in [-0.15, -0.1) is 0 Å². The molecular weight excluding hydrogens is 256 g/mol. The number of halogens is 1. The Bertz CT molecular complexity index is 427. The predicted molar refractivity (Wildman–Crippen MR) is 61.2 cm³/mol. The molecule has 4 nitrogen and oxygen atoms in total. The maximum atomic E-state index is 6.03. The maximum absolute atomic E-state index is 6.03. The molecule has 0 saturated heterocycles. The van der Waals surface area contributed by atoms with Crippen LogP contribution in [0, 0.1) is 0 Å². The first-order chi connectivity index (χ1) is 7.25. The number of pyridine rings is 1. The molecule has 2 rings (SSSR count). The number of aromatic nitrogens is 3. The molecule has 0 aliphatic rings. The van der Waals surface area contributed by atoms with E-state index in [9.17, 15) is 0 Å². The van der Waals surface area contributed by atoms with Crippen molar-refractivity contribution in [2.45, 2.75) is 12.5 Å². The molecule has 2 aromatic rings. The number of hydrogen-bond acceptors (Lipinski definition) is 3. The van der Waals surface area contributed by atoms with Gasteiger partial charge in [0.15, 0.2) is 0 Å². The topological polar surface area (TPSA) is 67.6 Å². The zero-order chi connectivity index (χ0) is 10.7. The SMILES string of the molecule is NC(Cc1ncc[nH]1)c1cncc(Br)c1. The van der Waals surface area contributed by atoms with E-state index >= 15 is 0 Å². The molecule has 0 aliphatic carbocycles. The monoisotopic (exact) mass is 266 g/mol. The van der Waals surface area contributed by atoms with Crippen molar-refractivity contribution in [1.29, 1.82) is 0 Å². The summed E-state index contributed by atoms with van der Waals surface area (Å²) in [7, 11) is 0. The van der Waals surface area contributed by atoms with Crippen LogP contribution < -0.4 is 5.73 Å². The van der Waals surface area contributed by atoms with E-state index in [2.05, 4.69) is 30.9 Å². The third-order valence-corrected chi connectivity index (χ3v) is 2.56. The van der Waals surface area contributed by atoms with Gasteiger partial charge < -0.3 is 10.7 Å². The molecule has 0 aromatic carbocycles. The minimum absolute atomic E-state index is 0.0823. The maximum Gasteiger partial charge on any atom is 0.107 e. The molecule has 15 heavy (non-hydrogen) atoms. The molecule has 5 heteroatoms. The Morgan fingerprint density at radius 3 is 3.00 bits per heavy atom. The Morgan fingerprint density at radius 2 is 2.33 bits per heavy atom. The van der Waals surface area contributed by atoms with Crippen LogP contribution in [0.4, 0.5) is 0 Å². The van der Waals surface area contributed by atoms with Crippen molar-refractivity contribution in [2.24, 2.45) is 5.73 Å². The van der Waals surface area contributed by atoms with Crippen molar-refractivity contribution in [1.82, 2.24) is 15.0 Å². The molecule has 0 amide bonds. The second kappa shape index (κ2) is 4.55. The molecule has 1 atom stereocenters. The smallest absolute Gasteiger partial charge is 0.107 e. The van der Waals surface area contributed by atoms with Crippen molar-refractivity contribution in [3.05, 3.63) is 46.7 Å². The van der Waals surface area contributed by atoms with Crippen molar-refractivity contribution in [3.8, 4) is 0 Å². The molecule has 0 saturated carbocycles. The van der Waals surface area contributed by atoms with Crippen molar-refractivity contribution in [2.75, 3.05) is 0 Å². The summed E-state index contributed by atoms with van der Waals surface area (Å²) in [6, 6.07) is 1.89. The van der Waals surface area contributed by atoms with Crippen LogP contribution in [0.15, 0.2) is 35.3 Å². The molecule has 0 radical (unpaired) electrons. The second-order valence-electron chi connectivity index (χ2n) is 3.28. The van der Waals surface area contributed by atoms with Crippen LogP contribution in [-0.4, -0.2) is 15.0 Å². The fraction of sp³-hybridized carbons (Fsp3) is 0.200. The summed E-state index contributed by atoms with van der Waals surface area (Å²) >= 11 is 3.37. The lowest BCUT2D eigenvalue weighted by Crippen LogP contribution is -2.14. The van der Waals surface area contributed by atoms with Crippen LogP contribution in [0.5, 0.6) is 0 Å². The van der Waals surface area contributed by atoms with Gasteiger partial charge in [-0.05, 0) is 27.6 Å². The fourth-order valence-electron chi connectivity index (χ4n) is 1.37. The van der Waals surface area contributed by atoms with Gasteiger partial charge in [0.1, 0.15) is 5.82 Å². The van der Waals surface area contributed by atoms with E-state index < -0.39 is 0 Å². The van der Waals surface area contributed by atoms with Gasteiger partial charge in [-0.1, -0.05) is 0 Å². The van der Waals surface area contributed by atoms with E-state index in [0.717, 1.165) is 15.9 Å². The van der Waals surface area contributed by atoms with Gasteiger partial charge in [0.25, 0.3) is 0 Å². The van der Waals surface area contributed by atoms with Crippen molar-refractivity contribution >= 4 is 15.9 Å². The summed E-state index contributed by atoms with van der Waals surface area (Å²) in [4.78, 5) is 11.2. The molecule has 0 fully saturated rings. The normalized spacial score (nSPS) is 12.7. The molecule has 2 aromatic heterocycles. The quantitative estimate of drug-likeness (QED) is 0.891. The molecule has 78 valence electrons. The molecule has 0 bridgehead atoms. The Kier molecular flexibility index (Phi) is 3.13. The van der Waals surface area contributed by atoms with Gasteiger partial charge in [-0.2, -0.15) is 0 Å². The number of aromatic amines is 1. The third-order valence-electron chi connectivity index (χ3n) is 2.12. The highest BCUT2D eigenvalue weighted by Gasteiger charge is 2.09. The van der Waals surface area contributed by atoms with Gasteiger partial charge >= 0.3 is 0 Å². The Labute approximate surface area is 96.1 Å². The zero-order valence-corrected chi connectivity index (χ0v) is 9.61. The minimum Gasteiger partial charge on any atom is -0.349 e. The lowest BCUT2D eigenvalue weighted by molar-refractivity contribution is 0.691. The number of nitrogens with two attached hydrogens (primary N) is 1. The molecule has 1 unspecified atom stereocenters. The van der Waals surface area contributed by atoms with Gasteiger partial charge in [0, 0.05) is 41.7 Å². The molecule has 0 spiro atoms. The molecule has 3 N–H and O–H groups in total. The van der Waals surface area contributed by atoms with Crippen molar-refractivity contribution < 1.29 is 0 Å². The number of H-pyrrole nitrogens is 1.